The van der Waals surface area contributed by atoms with Gasteiger partial charge in [0.15, 0.2) is 5.13 Å². The number of urea groups is 1. The minimum atomic E-state index is -4.76. The Morgan fingerprint density at radius 3 is 2.31 bits per heavy atom. The van der Waals surface area contributed by atoms with Gasteiger partial charge in [0.2, 0.25) is 10.0 Å². The Morgan fingerprint density at radius 1 is 1.00 bits per heavy atom. The van der Waals surface area contributed by atoms with E-state index in [4.69, 9.17) is 4.74 Å². The molecule has 222 valence electrons. The van der Waals surface area contributed by atoms with Crippen LogP contribution >= 0.6 is 11.3 Å². The third kappa shape index (κ3) is 7.51. The van der Waals surface area contributed by atoms with E-state index in [1.165, 1.54) is 37.8 Å². The molecule has 2 aromatic carbocycles. The number of halogens is 3. The first-order chi connectivity index (χ1) is 19.9. The van der Waals surface area contributed by atoms with Crippen molar-refractivity contribution >= 4 is 43.9 Å². The first-order valence-electron chi connectivity index (χ1n) is 12.4. The van der Waals surface area contributed by atoms with E-state index in [1.807, 2.05) is 12.1 Å². The number of amides is 2. The number of nitrogens with zero attached hydrogens (tertiary/aromatic N) is 4. The number of hydrogen-bond donors (Lipinski definition) is 3. The van der Waals surface area contributed by atoms with Crippen LogP contribution in [0.15, 0.2) is 66.0 Å². The Labute approximate surface area is 243 Å². The summed E-state index contributed by atoms with van der Waals surface area (Å²) >= 11 is 1.54. The second-order valence-electron chi connectivity index (χ2n) is 8.91. The predicted octanol–water partition coefficient (Wildman–Crippen LogP) is 6.13. The largest absolute Gasteiger partial charge is 0.424 e. The zero-order valence-electron chi connectivity index (χ0n) is 22.6. The SMILES string of the molecule is CCCNc1ncc(-c2ccc(Oc3ncc(NC(=O)Nc4cc(C(F)(F)F)ccc4S(=O)(=O)N(C)C)cn3)cc2)s1. The number of aromatic nitrogens is 3. The van der Waals surface area contributed by atoms with Crippen molar-refractivity contribution in [1.82, 2.24) is 19.3 Å². The highest BCUT2D eigenvalue weighted by atomic mass is 32.2. The van der Waals surface area contributed by atoms with Gasteiger partial charge in [-0.25, -0.2) is 32.5 Å². The van der Waals surface area contributed by atoms with Crippen LogP contribution < -0.4 is 20.7 Å². The fraction of sp³-hybridized carbons (Fsp3) is 0.231. The summed E-state index contributed by atoms with van der Waals surface area (Å²) in [4.78, 5) is 25.5. The van der Waals surface area contributed by atoms with Gasteiger partial charge in [-0.05, 0) is 54.4 Å². The van der Waals surface area contributed by atoms with E-state index >= 15 is 0 Å². The van der Waals surface area contributed by atoms with Gasteiger partial charge in [0.1, 0.15) is 10.6 Å². The van der Waals surface area contributed by atoms with Crippen molar-refractivity contribution in [1.29, 1.82) is 0 Å². The Morgan fingerprint density at radius 2 is 1.69 bits per heavy atom. The van der Waals surface area contributed by atoms with Gasteiger partial charge < -0.3 is 20.7 Å². The van der Waals surface area contributed by atoms with Gasteiger partial charge in [-0.15, -0.1) is 0 Å². The number of carbonyl (C=O) groups is 1. The molecule has 0 saturated carbocycles. The molecule has 0 fully saturated rings. The van der Waals surface area contributed by atoms with Crippen molar-refractivity contribution in [3.8, 4) is 22.2 Å². The monoisotopic (exact) mass is 621 g/mol. The van der Waals surface area contributed by atoms with Gasteiger partial charge in [-0.3, -0.25) is 0 Å². The second kappa shape index (κ2) is 12.7. The lowest BCUT2D eigenvalue weighted by molar-refractivity contribution is -0.137. The summed E-state index contributed by atoms with van der Waals surface area (Å²) in [6, 6.07) is 8.15. The lowest BCUT2D eigenvalue weighted by atomic mass is 10.2. The van der Waals surface area contributed by atoms with E-state index in [1.54, 1.807) is 18.3 Å². The molecule has 42 heavy (non-hydrogen) atoms. The van der Waals surface area contributed by atoms with Crippen LogP contribution in [0.3, 0.4) is 0 Å². The van der Waals surface area contributed by atoms with Gasteiger partial charge >= 0.3 is 18.2 Å². The normalized spacial score (nSPS) is 11.8. The Kier molecular flexibility index (Phi) is 9.28. The number of hydrogen-bond acceptors (Lipinski definition) is 9. The molecule has 16 heteroatoms. The zero-order valence-corrected chi connectivity index (χ0v) is 24.2. The summed E-state index contributed by atoms with van der Waals surface area (Å²) in [6.45, 7) is 2.92. The number of alkyl halides is 3. The lowest BCUT2D eigenvalue weighted by Gasteiger charge is -2.18. The quantitative estimate of drug-likeness (QED) is 0.192. The highest BCUT2D eigenvalue weighted by Crippen LogP contribution is 2.34. The highest BCUT2D eigenvalue weighted by Gasteiger charge is 2.33. The van der Waals surface area contributed by atoms with Crippen molar-refractivity contribution in [2.24, 2.45) is 0 Å². The minimum absolute atomic E-state index is 0.0187. The fourth-order valence-electron chi connectivity index (χ4n) is 3.46. The summed E-state index contributed by atoms with van der Waals surface area (Å²) in [5.74, 6) is 0.463. The standard InChI is InChI=1S/C26H26F3N7O4S2/c1-4-11-30-25-33-15-21(41-25)16-5-8-19(9-6-16)40-24-31-13-18(14-32-24)34-23(37)35-20-12-17(26(27,28)29)7-10-22(20)42(38,39)36(2)3/h5-10,12-15H,4,11H2,1-3H3,(H,30,33)(H2,34,35,37). The lowest BCUT2D eigenvalue weighted by Crippen LogP contribution is -2.26. The van der Waals surface area contributed by atoms with Crippen LogP contribution in [0.4, 0.5) is 34.5 Å². The molecule has 0 unspecified atom stereocenters. The molecular weight excluding hydrogens is 595 g/mol. The van der Waals surface area contributed by atoms with Crippen molar-refractivity contribution in [2.45, 2.75) is 24.4 Å². The van der Waals surface area contributed by atoms with E-state index in [-0.39, 0.29) is 11.7 Å². The van der Waals surface area contributed by atoms with Crippen molar-refractivity contribution < 1.29 is 31.1 Å². The van der Waals surface area contributed by atoms with Gasteiger partial charge in [0.25, 0.3) is 0 Å². The molecule has 2 aromatic heterocycles. The second-order valence-corrected chi connectivity index (χ2v) is 12.1. The first-order valence-corrected chi connectivity index (χ1v) is 14.6. The third-order valence-electron chi connectivity index (χ3n) is 5.58. The number of nitrogens with one attached hydrogen (secondary N) is 3. The number of rotatable bonds is 10. The number of benzene rings is 2. The molecule has 2 heterocycles. The molecule has 0 bridgehead atoms. The molecule has 3 N–H and O–H groups in total. The average Bonchev–Trinajstić information content (AvgIpc) is 3.41. The third-order valence-corrected chi connectivity index (χ3v) is 8.46. The van der Waals surface area contributed by atoms with E-state index in [0.717, 1.165) is 38.9 Å². The molecule has 2 amide bonds. The number of anilines is 3. The summed E-state index contributed by atoms with van der Waals surface area (Å²) < 4.78 is 71.4. The fourth-order valence-corrected chi connectivity index (χ4v) is 5.33. The maximum atomic E-state index is 13.2. The van der Waals surface area contributed by atoms with E-state index in [2.05, 4.69) is 37.8 Å². The highest BCUT2D eigenvalue weighted by molar-refractivity contribution is 7.89. The molecule has 0 radical (unpaired) electrons. The molecule has 0 atom stereocenters. The maximum Gasteiger partial charge on any atom is 0.416 e. The molecule has 4 aromatic rings. The van der Waals surface area contributed by atoms with Crippen LogP contribution in [0, 0.1) is 0 Å². The zero-order chi connectivity index (χ0) is 30.5. The summed E-state index contributed by atoms with van der Waals surface area (Å²) in [6.07, 6.45) is 0.480. The number of carbonyl (C=O) groups excluding carboxylic acids is 1. The Hall–Kier alpha value is -4.28. The summed E-state index contributed by atoms with van der Waals surface area (Å²) in [5, 5.41) is 8.61. The maximum absolute atomic E-state index is 13.2. The topological polar surface area (TPSA) is 138 Å². The van der Waals surface area contributed by atoms with Gasteiger partial charge in [0.05, 0.1) is 34.2 Å². The number of sulfonamides is 1. The predicted molar refractivity (Wildman–Crippen MR) is 153 cm³/mol. The Balaban J connectivity index is 1.41. The van der Waals surface area contributed by atoms with E-state index in [9.17, 15) is 26.4 Å². The molecular formula is C26H26F3N7O4S2. The first kappa shape index (κ1) is 30.7. The van der Waals surface area contributed by atoms with Crippen LogP contribution in [0.2, 0.25) is 0 Å². The molecule has 4 rings (SSSR count). The smallest absolute Gasteiger partial charge is 0.416 e. The van der Waals surface area contributed by atoms with Gasteiger partial charge in [-0.1, -0.05) is 18.3 Å². The molecule has 0 saturated heterocycles. The molecule has 0 aliphatic carbocycles. The average molecular weight is 622 g/mol. The minimum Gasteiger partial charge on any atom is -0.424 e. The number of ether oxygens (including phenoxy) is 1. The van der Waals surface area contributed by atoms with E-state index < -0.39 is 38.4 Å². The summed E-state index contributed by atoms with van der Waals surface area (Å²) in [5.41, 5.74) is -0.642. The molecule has 0 spiro atoms. The van der Waals surface area contributed by atoms with Crippen LogP contribution in [0.25, 0.3) is 10.4 Å². The summed E-state index contributed by atoms with van der Waals surface area (Å²) in [7, 11) is -1.73. The van der Waals surface area contributed by atoms with Crippen LogP contribution in [-0.2, 0) is 16.2 Å². The molecule has 0 aliphatic heterocycles. The Bertz CT molecular complexity index is 1640. The molecule has 0 aliphatic rings. The van der Waals surface area contributed by atoms with Gasteiger partial charge in [0, 0.05) is 26.8 Å². The van der Waals surface area contributed by atoms with Crippen molar-refractivity contribution in [2.75, 3.05) is 36.6 Å². The van der Waals surface area contributed by atoms with Crippen LogP contribution in [0.5, 0.6) is 11.8 Å². The molecule has 11 nitrogen and oxygen atoms in total. The van der Waals surface area contributed by atoms with Gasteiger partial charge in [-0.2, -0.15) is 13.2 Å². The van der Waals surface area contributed by atoms with Crippen LogP contribution in [0.1, 0.15) is 18.9 Å². The van der Waals surface area contributed by atoms with Crippen molar-refractivity contribution in [3.05, 3.63) is 66.6 Å². The van der Waals surface area contributed by atoms with Crippen LogP contribution in [-0.4, -0.2) is 54.3 Å². The number of thiazole rings is 1. The van der Waals surface area contributed by atoms with Crippen molar-refractivity contribution in [3.63, 3.8) is 0 Å². The van der Waals surface area contributed by atoms with E-state index in [0.29, 0.717) is 17.9 Å².